The van der Waals surface area contributed by atoms with Crippen LogP contribution in [0.25, 0.3) is 0 Å². The van der Waals surface area contributed by atoms with Crippen LogP contribution in [0.4, 0.5) is 18.9 Å². The SMILES string of the molecule is Cc1ccc(N(Cc2ccc(C(=O)CNC(=O)C(F)F)cc2F)S(C)(=O)=O)cc1. The van der Waals surface area contributed by atoms with E-state index in [1.165, 1.54) is 12.1 Å². The minimum Gasteiger partial charge on any atom is -0.344 e. The minimum atomic E-state index is -3.72. The van der Waals surface area contributed by atoms with Crippen molar-refractivity contribution in [2.24, 2.45) is 0 Å². The Balaban J connectivity index is 2.21. The number of hydrogen-bond donors (Lipinski definition) is 1. The molecule has 0 spiro atoms. The average molecular weight is 428 g/mol. The van der Waals surface area contributed by atoms with Gasteiger partial charge in [-0.1, -0.05) is 29.8 Å². The standard InChI is InChI=1S/C19H19F3N2O4S/c1-12-3-7-15(8-4-12)24(29(2,27)28)11-14-6-5-13(9-16(14)20)17(25)10-23-19(26)18(21)22/h3-9,18H,10-11H2,1-2H3,(H,23,26). The van der Waals surface area contributed by atoms with Crippen LogP contribution in [0.5, 0.6) is 0 Å². The number of halogens is 3. The molecule has 1 N–H and O–H groups in total. The summed E-state index contributed by atoms with van der Waals surface area (Å²) in [7, 11) is -3.72. The Morgan fingerprint density at radius 3 is 2.24 bits per heavy atom. The second-order valence-electron chi connectivity index (χ2n) is 6.35. The lowest BCUT2D eigenvalue weighted by molar-refractivity contribution is -0.131. The van der Waals surface area contributed by atoms with Crippen LogP contribution in [-0.4, -0.2) is 39.3 Å². The van der Waals surface area contributed by atoms with Crippen molar-refractivity contribution in [3.8, 4) is 0 Å². The third-order valence-corrected chi connectivity index (χ3v) is 5.17. The van der Waals surface area contributed by atoms with Crippen molar-refractivity contribution in [3.05, 3.63) is 65.0 Å². The van der Waals surface area contributed by atoms with Gasteiger partial charge in [-0.25, -0.2) is 12.8 Å². The molecule has 1 amide bonds. The summed E-state index contributed by atoms with van der Waals surface area (Å²) in [5.74, 6) is -3.20. The molecule has 10 heteroatoms. The van der Waals surface area contributed by atoms with Gasteiger partial charge < -0.3 is 5.32 Å². The number of amides is 1. The lowest BCUT2D eigenvalue weighted by Crippen LogP contribution is -2.34. The first-order valence-electron chi connectivity index (χ1n) is 8.41. The molecule has 0 saturated carbocycles. The molecule has 2 aromatic carbocycles. The molecule has 6 nitrogen and oxygen atoms in total. The monoisotopic (exact) mass is 428 g/mol. The number of anilines is 1. The van der Waals surface area contributed by atoms with Gasteiger partial charge in [0, 0.05) is 11.1 Å². The molecule has 156 valence electrons. The first-order chi connectivity index (χ1) is 13.5. The van der Waals surface area contributed by atoms with Crippen molar-refractivity contribution in [3.63, 3.8) is 0 Å². The fourth-order valence-corrected chi connectivity index (χ4v) is 3.34. The Bertz CT molecular complexity index is 1010. The lowest BCUT2D eigenvalue weighted by Gasteiger charge is -2.23. The van der Waals surface area contributed by atoms with Crippen molar-refractivity contribution >= 4 is 27.4 Å². The van der Waals surface area contributed by atoms with Gasteiger partial charge in [-0.05, 0) is 25.1 Å². The van der Waals surface area contributed by atoms with Crippen molar-refractivity contribution in [1.82, 2.24) is 5.32 Å². The normalized spacial score (nSPS) is 11.4. The maximum Gasteiger partial charge on any atom is 0.315 e. The number of carbonyl (C=O) groups is 2. The van der Waals surface area contributed by atoms with Crippen molar-refractivity contribution in [1.29, 1.82) is 0 Å². The highest BCUT2D eigenvalue weighted by atomic mass is 32.2. The summed E-state index contributed by atoms with van der Waals surface area (Å²) in [4.78, 5) is 22.8. The van der Waals surface area contributed by atoms with Gasteiger partial charge >= 0.3 is 6.43 Å². The van der Waals surface area contributed by atoms with Gasteiger partial charge in [0.1, 0.15) is 5.82 Å². The van der Waals surface area contributed by atoms with E-state index in [-0.39, 0.29) is 17.7 Å². The predicted molar refractivity (Wildman–Crippen MR) is 102 cm³/mol. The molecule has 0 heterocycles. The van der Waals surface area contributed by atoms with E-state index in [1.807, 2.05) is 6.92 Å². The van der Waals surface area contributed by atoms with E-state index in [0.29, 0.717) is 5.69 Å². The zero-order valence-corrected chi connectivity index (χ0v) is 16.5. The van der Waals surface area contributed by atoms with Crippen LogP contribution in [0.2, 0.25) is 0 Å². The third kappa shape index (κ3) is 6.05. The van der Waals surface area contributed by atoms with Crippen LogP contribution in [0.1, 0.15) is 21.5 Å². The van der Waals surface area contributed by atoms with Crippen molar-refractivity contribution in [2.75, 3.05) is 17.1 Å². The zero-order valence-electron chi connectivity index (χ0n) is 15.7. The number of benzene rings is 2. The van der Waals surface area contributed by atoms with Crippen LogP contribution >= 0.6 is 0 Å². The van der Waals surface area contributed by atoms with Crippen molar-refractivity contribution in [2.45, 2.75) is 19.9 Å². The number of aryl methyl sites for hydroxylation is 1. The minimum absolute atomic E-state index is 0.0177. The third-order valence-electron chi connectivity index (χ3n) is 4.03. The Kier molecular flexibility index (Phi) is 7.02. The van der Waals surface area contributed by atoms with E-state index in [0.717, 1.165) is 22.2 Å². The Hall–Kier alpha value is -2.88. The van der Waals surface area contributed by atoms with Gasteiger partial charge in [-0.3, -0.25) is 13.9 Å². The summed E-state index contributed by atoms with van der Waals surface area (Å²) < 4.78 is 64.1. The summed E-state index contributed by atoms with van der Waals surface area (Å²) in [6.45, 7) is 0.832. The number of rotatable bonds is 8. The molecule has 0 aliphatic carbocycles. The summed E-state index contributed by atoms with van der Waals surface area (Å²) in [5, 5.41) is 1.74. The molecule has 0 saturated heterocycles. The lowest BCUT2D eigenvalue weighted by atomic mass is 10.1. The number of Topliss-reactive ketones (excluding diaryl/α,β-unsaturated/α-hetero) is 1. The summed E-state index contributed by atoms with van der Waals surface area (Å²) in [5.41, 5.74) is 1.16. The van der Waals surface area contributed by atoms with Crippen LogP contribution < -0.4 is 9.62 Å². The molecule has 0 fully saturated rings. The van der Waals surface area contributed by atoms with Crippen LogP contribution in [0.15, 0.2) is 42.5 Å². The highest BCUT2D eigenvalue weighted by Crippen LogP contribution is 2.23. The Labute approximate surface area is 166 Å². The van der Waals surface area contributed by atoms with Gasteiger partial charge in [0.15, 0.2) is 5.78 Å². The largest absolute Gasteiger partial charge is 0.344 e. The maximum absolute atomic E-state index is 14.5. The molecule has 0 aromatic heterocycles. The van der Waals surface area contributed by atoms with Crippen LogP contribution in [0, 0.1) is 12.7 Å². The number of nitrogens with one attached hydrogen (secondary N) is 1. The van der Waals surface area contributed by atoms with E-state index >= 15 is 0 Å². The molecule has 2 rings (SSSR count). The number of alkyl halides is 2. The van der Waals surface area contributed by atoms with Gasteiger partial charge in [0.2, 0.25) is 10.0 Å². The smallest absolute Gasteiger partial charge is 0.315 e. The van der Waals surface area contributed by atoms with Crippen LogP contribution in [0.3, 0.4) is 0 Å². The molecule has 29 heavy (non-hydrogen) atoms. The average Bonchev–Trinajstić information content (AvgIpc) is 2.64. The molecule has 0 bridgehead atoms. The molecule has 0 aliphatic rings. The Morgan fingerprint density at radius 2 is 1.72 bits per heavy atom. The quantitative estimate of drug-likeness (QED) is 0.656. The molecule has 0 atom stereocenters. The topological polar surface area (TPSA) is 83.6 Å². The molecular formula is C19H19F3N2O4S. The predicted octanol–water partition coefficient (Wildman–Crippen LogP) is 2.66. The number of ketones is 1. The summed E-state index contributed by atoms with van der Waals surface area (Å²) in [6, 6.07) is 9.99. The molecule has 0 aliphatic heterocycles. The van der Waals surface area contributed by atoms with E-state index in [9.17, 15) is 31.2 Å². The number of hydrogen-bond acceptors (Lipinski definition) is 4. The highest BCUT2D eigenvalue weighted by Gasteiger charge is 2.21. The van der Waals surface area contributed by atoms with Crippen LogP contribution in [-0.2, 0) is 21.4 Å². The van der Waals surface area contributed by atoms with E-state index in [1.54, 1.807) is 29.6 Å². The van der Waals surface area contributed by atoms with Gasteiger partial charge in [-0.15, -0.1) is 0 Å². The number of carbonyl (C=O) groups excluding carboxylic acids is 2. The second-order valence-corrected chi connectivity index (χ2v) is 8.26. The molecule has 0 radical (unpaired) electrons. The van der Waals surface area contributed by atoms with Gasteiger partial charge in [0.25, 0.3) is 5.91 Å². The van der Waals surface area contributed by atoms with Gasteiger partial charge in [0.05, 0.1) is 25.0 Å². The van der Waals surface area contributed by atoms with E-state index in [2.05, 4.69) is 0 Å². The molecular weight excluding hydrogens is 409 g/mol. The fourth-order valence-electron chi connectivity index (χ4n) is 2.46. The highest BCUT2D eigenvalue weighted by molar-refractivity contribution is 7.92. The zero-order chi connectivity index (χ0) is 21.8. The second kappa shape index (κ2) is 9.08. The number of nitrogens with zero attached hydrogens (tertiary/aromatic N) is 1. The van der Waals surface area contributed by atoms with Crippen molar-refractivity contribution < 1.29 is 31.2 Å². The maximum atomic E-state index is 14.5. The fraction of sp³-hybridized carbons (Fsp3) is 0.263. The number of sulfonamides is 1. The van der Waals surface area contributed by atoms with E-state index < -0.39 is 40.5 Å². The Morgan fingerprint density at radius 1 is 1.10 bits per heavy atom. The summed E-state index contributed by atoms with van der Waals surface area (Å²) >= 11 is 0. The molecule has 2 aromatic rings. The van der Waals surface area contributed by atoms with E-state index in [4.69, 9.17) is 0 Å². The van der Waals surface area contributed by atoms with Gasteiger partial charge in [-0.2, -0.15) is 8.78 Å². The molecule has 0 unspecified atom stereocenters. The summed E-state index contributed by atoms with van der Waals surface area (Å²) in [6.07, 6.45) is -2.26. The first-order valence-corrected chi connectivity index (χ1v) is 10.3. The first kappa shape index (κ1) is 22.4.